The zero-order chi connectivity index (χ0) is 14.6. The van der Waals surface area contributed by atoms with Gasteiger partial charge in [-0.2, -0.15) is 0 Å². The maximum absolute atomic E-state index is 12.1. The molecule has 5 nitrogen and oxygen atoms in total. The Labute approximate surface area is 120 Å². The number of nitrogens with one attached hydrogen (secondary N) is 2. The van der Waals surface area contributed by atoms with Gasteiger partial charge in [-0.1, -0.05) is 6.07 Å². The first kappa shape index (κ1) is 14.8. The lowest BCUT2D eigenvalue weighted by molar-refractivity contribution is 0.0426. The number of piperidine rings is 1. The molecule has 0 radical (unpaired) electrons. The van der Waals surface area contributed by atoms with E-state index in [1.54, 1.807) is 6.20 Å². The number of aromatic nitrogens is 1. The second-order valence-electron chi connectivity index (χ2n) is 6.20. The molecule has 1 fully saturated rings. The Morgan fingerprint density at radius 3 is 2.65 bits per heavy atom. The molecule has 0 saturated carbocycles. The first-order valence-corrected chi connectivity index (χ1v) is 7.04. The Bertz CT molecular complexity index is 448. The summed E-state index contributed by atoms with van der Waals surface area (Å²) in [5, 5.41) is 6.38. The van der Waals surface area contributed by atoms with Crippen molar-refractivity contribution in [1.29, 1.82) is 0 Å². The number of hydrogen-bond donors (Lipinski definition) is 2. The Morgan fingerprint density at radius 1 is 1.40 bits per heavy atom. The highest BCUT2D eigenvalue weighted by molar-refractivity contribution is 5.69. The normalized spacial score (nSPS) is 18.4. The average molecular weight is 277 g/mol. The lowest BCUT2D eigenvalue weighted by Gasteiger charge is -2.39. The minimum absolute atomic E-state index is 0.372. The highest BCUT2D eigenvalue weighted by Gasteiger charge is 2.36. The van der Waals surface area contributed by atoms with Gasteiger partial charge in [0.2, 0.25) is 0 Å². The number of pyridine rings is 1. The van der Waals surface area contributed by atoms with Crippen molar-refractivity contribution in [2.24, 2.45) is 0 Å². The lowest BCUT2D eigenvalue weighted by atomic mass is 9.82. The number of carbonyl (C=O) groups excluding carboxylic acids is 1. The van der Waals surface area contributed by atoms with Crippen molar-refractivity contribution in [3.05, 3.63) is 30.1 Å². The van der Waals surface area contributed by atoms with Crippen LogP contribution in [-0.4, -0.2) is 29.8 Å². The van der Waals surface area contributed by atoms with Crippen LogP contribution in [0, 0.1) is 0 Å². The van der Waals surface area contributed by atoms with Gasteiger partial charge in [0, 0.05) is 12.4 Å². The molecule has 0 unspecified atom stereocenters. The van der Waals surface area contributed by atoms with Gasteiger partial charge in [0.1, 0.15) is 5.60 Å². The van der Waals surface area contributed by atoms with Crippen molar-refractivity contribution in [3.63, 3.8) is 0 Å². The van der Waals surface area contributed by atoms with Gasteiger partial charge in [0.15, 0.2) is 0 Å². The molecule has 0 atom stereocenters. The Hall–Kier alpha value is -1.62. The van der Waals surface area contributed by atoms with E-state index in [0.29, 0.717) is 0 Å². The topological polar surface area (TPSA) is 63.2 Å². The number of alkyl carbamates (subject to hydrolysis) is 1. The molecule has 1 aliphatic rings. The quantitative estimate of drug-likeness (QED) is 0.870. The summed E-state index contributed by atoms with van der Waals surface area (Å²) < 4.78 is 5.40. The molecule has 1 aromatic rings. The lowest BCUT2D eigenvalue weighted by Crippen LogP contribution is -2.53. The Kier molecular flexibility index (Phi) is 4.28. The van der Waals surface area contributed by atoms with E-state index >= 15 is 0 Å². The van der Waals surface area contributed by atoms with E-state index in [1.807, 2.05) is 39.1 Å². The highest BCUT2D eigenvalue weighted by atomic mass is 16.6. The van der Waals surface area contributed by atoms with Crippen molar-refractivity contribution in [2.75, 3.05) is 13.1 Å². The van der Waals surface area contributed by atoms with Crippen LogP contribution in [0.1, 0.15) is 39.2 Å². The van der Waals surface area contributed by atoms with E-state index in [2.05, 4.69) is 15.6 Å². The van der Waals surface area contributed by atoms with Crippen LogP contribution in [0.3, 0.4) is 0 Å². The fraction of sp³-hybridized carbons (Fsp3) is 0.600. The van der Waals surface area contributed by atoms with Crippen LogP contribution in [0.25, 0.3) is 0 Å². The molecular weight excluding hydrogens is 254 g/mol. The van der Waals surface area contributed by atoms with Crippen LogP contribution >= 0.6 is 0 Å². The van der Waals surface area contributed by atoms with Crippen LogP contribution in [0.15, 0.2) is 24.5 Å². The molecule has 0 spiro atoms. The third-order valence-electron chi connectivity index (χ3n) is 3.41. The predicted octanol–water partition coefficient (Wildman–Crippen LogP) is 2.18. The SMILES string of the molecule is CC(C)(C)OC(=O)NC1(c2cccnc2)CCNCC1. The summed E-state index contributed by atoms with van der Waals surface area (Å²) in [6.07, 6.45) is 4.85. The molecule has 1 saturated heterocycles. The largest absolute Gasteiger partial charge is 0.444 e. The van der Waals surface area contributed by atoms with Gasteiger partial charge < -0.3 is 15.4 Å². The van der Waals surface area contributed by atoms with Crippen molar-refractivity contribution >= 4 is 6.09 Å². The number of hydrogen-bond acceptors (Lipinski definition) is 4. The van der Waals surface area contributed by atoms with Crippen molar-refractivity contribution < 1.29 is 9.53 Å². The summed E-state index contributed by atoms with van der Waals surface area (Å²) in [5.41, 5.74) is 0.155. The summed E-state index contributed by atoms with van der Waals surface area (Å²) in [6.45, 7) is 7.33. The standard InChI is InChI=1S/C15H23N3O2/c1-14(2,3)20-13(19)18-15(6-9-16-10-7-15)12-5-4-8-17-11-12/h4-5,8,11,16H,6-7,9-10H2,1-3H3,(H,18,19). The number of carbonyl (C=O) groups is 1. The highest BCUT2D eigenvalue weighted by Crippen LogP contribution is 2.30. The molecule has 1 aliphatic heterocycles. The van der Waals surface area contributed by atoms with E-state index in [-0.39, 0.29) is 11.6 Å². The van der Waals surface area contributed by atoms with Gasteiger partial charge in [-0.05, 0) is 58.3 Å². The van der Waals surface area contributed by atoms with Gasteiger partial charge in [-0.25, -0.2) is 4.79 Å². The molecule has 20 heavy (non-hydrogen) atoms. The summed E-state index contributed by atoms with van der Waals surface area (Å²) >= 11 is 0. The second kappa shape index (κ2) is 5.79. The average Bonchev–Trinajstić information content (AvgIpc) is 2.38. The van der Waals surface area contributed by atoms with Crippen LogP contribution in [0.5, 0.6) is 0 Å². The minimum Gasteiger partial charge on any atom is -0.444 e. The number of nitrogens with zero attached hydrogens (tertiary/aromatic N) is 1. The zero-order valence-electron chi connectivity index (χ0n) is 12.4. The third-order valence-corrected chi connectivity index (χ3v) is 3.41. The van der Waals surface area contributed by atoms with Gasteiger partial charge in [-0.15, -0.1) is 0 Å². The molecular formula is C15H23N3O2. The summed E-state index contributed by atoms with van der Waals surface area (Å²) in [7, 11) is 0. The van der Waals surface area contributed by atoms with E-state index in [4.69, 9.17) is 4.74 Å². The Balaban J connectivity index is 2.18. The maximum Gasteiger partial charge on any atom is 0.408 e. The van der Waals surface area contributed by atoms with Gasteiger partial charge in [-0.3, -0.25) is 4.98 Å². The minimum atomic E-state index is -0.493. The fourth-order valence-electron chi connectivity index (χ4n) is 2.48. The molecule has 0 bridgehead atoms. The first-order chi connectivity index (χ1) is 9.41. The maximum atomic E-state index is 12.1. The molecule has 5 heteroatoms. The molecule has 1 amide bonds. The van der Waals surface area contributed by atoms with Crippen molar-refractivity contribution in [2.45, 2.75) is 44.8 Å². The third kappa shape index (κ3) is 3.70. The van der Waals surface area contributed by atoms with Crippen molar-refractivity contribution in [3.8, 4) is 0 Å². The van der Waals surface area contributed by atoms with Crippen LogP contribution in [-0.2, 0) is 10.3 Å². The Morgan fingerprint density at radius 2 is 2.10 bits per heavy atom. The van der Waals surface area contributed by atoms with Crippen LogP contribution < -0.4 is 10.6 Å². The predicted molar refractivity (Wildman–Crippen MR) is 77.4 cm³/mol. The van der Waals surface area contributed by atoms with E-state index in [0.717, 1.165) is 31.5 Å². The molecule has 110 valence electrons. The molecule has 0 aromatic carbocycles. The first-order valence-electron chi connectivity index (χ1n) is 7.04. The summed E-state index contributed by atoms with van der Waals surface area (Å²) in [4.78, 5) is 16.3. The smallest absolute Gasteiger partial charge is 0.408 e. The second-order valence-corrected chi connectivity index (χ2v) is 6.20. The zero-order valence-corrected chi connectivity index (χ0v) is 12.4. The van der Waals surface area contributed by atoms with E-state index < -0.39 is 5.60 Å². The summed E-state index contributed by atoms with van der Waals surface area (Å²) in [5.74, 6) is 0. The summed E-state index contributed by atoms with van der Waals surface area (Å²) in [6, 6.07) is 3.91. The number of rotatable bonds is 2. The van der Waals surface area contributed by atoms with Gasteiger partial charge >= 0.3 is 6.09 Å². The fourth-order valence-corrected chi connectivity index (χ4v) is 2.48. The monoisotopic (exact) mass is 277 g/mol. The molecule has 2 rings (SSSR count). The van der Waals surface area contributed by atoms with Crippen LogP contribution in [0.4, 0.5) is 4.79 Å². The van der Waals surface area contributed by atoms with Gasteiger partial charge in [0.05, 0.1) is 5.54 Å². The van der Waals surface area contributed by atoms with Crippen molar-refractivity contribution in [1.82, 2.24) is 15.6 Å². The molecule has 2 heterocycles. The van der Waals surface area contributed by atoms with E-state index in [1.165, 1.54) is 0 Å². The van der Waals surface area contributed by atoms with Gasteiger partial charge in [0.25, 0.3) is 0 Å². The molecule has 1 aromatic heterocycles. The van der Waals surface area contributed by atoms with E-state index in [9.17, 15) is 4.79 Å². The van der Waals surface area contributed by atoms with Crippen LogP contribution in [0.2, 0.25) is 0 Å². The number of amides is 1. The number of ether oxygens (including phenoxy) is 1. The molecule has 0 aliphatic carbocycles. The molecule has 2 N–H and O–H groups in total.